The van der Waals surface area contributed by atoms with Crippen molar-refractivity contribution in [3.8, 4) is 0 Å². The second kappa shape index (κ2) is 6.97. The van der Waals surface area contributed by atoms with Gasteiger partial charge in [0.05, 0.1) is 20.6 Å². The summed E-state index contributed by atoms with van der Waals surface area (Å²) in [4.78, 5) is 10.9. The van der Waals surface area contributed by atoms with Crippen LogP contribution in [0.25, 0.3) is 0 Å². The van der Waals surface area contributed by atoms with Gasteiger partial charge in [-0.05, 0) is 36.4 Å². The summed E-state index contributed by atoms with van der Waals surface area (Å²) in [6, 6.07) is 9.63. The van der Waals surface area contributed by atoms with Gasteiger partial charge in [0, 0.05) is 5.02 Å². The summed E-state index contributed by atoms with van der Waals surface area (Å²) in [6.45, 7) is -0.761. The number of nitrogens with zero attached hydrogens (tertiary/aromatic N) is 1. The monoisotopic (exact) mass is 393 g/mol. The summed E-state index contributed by atoms with van der Waals surface area (Å²) in [5, 5.41) is 9.56. The van der Waals surface area contributed by atoms with Crippen molar-refractivity contribution in [2.24, 2.45) is 0 Å². The maximum Gasteiger partial charge on any atom is 0.324 e. The quantitative estimate of drug-likeness (QED) is 0.834. The highest BCUT2D eigenvalue weighted by Crippen LogP contribution is 2.29. The van der Waals surface area contributed by atoms with Crippen molar-refractivity contribution in [1.82, 2.24) is 0 Å². The molecule has 0 atom stereocenters. The summed E-state index contributed by atoms with van der Waals surface area (Å²) < 4.78 is 26.3. The first-order chi connectivity index (χ1) is 10.7. The number of hydrogen-bond acceptors (Lipinski definition) is 3. The molecule has 0 radical (unpaired) electrons. The van der Waals surface area contributed by atoms with Gasteiger partial charge in [-0.1, -0.05) is 40.9 Å². The van der Waals surface area contributed by atoms with Crippen LogP contribution in [0.3, 0.4) is 0 Å². The molecule has 5 nitrogen and oxygen atoms in total. The van der Waals surface area contributed by atoms with Gasteiger partial charge in [-0.25, -0.2) is 8.42 Å². The Hall–Kier alpha value is -1.47. The topological polar surface area (TPSA) is 74.7 Å². The van der Waals surface area contributed by atoms with Crippen LogP contribution >= 0.6 is 34.8 Å². The molecule has 2 aromatic rings. The highest BCUT2D eigenvalue weighted by Gasteiger charge is 2.27. The van der Waals surface area contributed by atoms with Crippen LogP contribution in [0, 0.1) is 0 Å². The van der Waals surface area contributed by atoms with E-state index in [9.17, 15) is 13.2 Å². The largest absolute Gasteiger partial charge is 0.480 e. The van der Waals surface area contributed by atoms with E-state index in [-0.39, 0.29) is 25.7 Å². The van der Waals surface area contributed by atoms with E-state index >= 15 is 0 Å². The number of aliphatic carboxylic acids is 1. The Morgan fingerprint density at radius 3 is 2.30 bits per heavy atom. The number of benzene rings is 2. The van der Waals surface area contributed by atoms with Gasteiger partial charge in [0.1, 0.15) is 6.54 Å². The van der Waals surface area contributed by atoms with Crippen LogP contribution in [0.2, 0.25) is 15.1 Å². The van der Waals surface area contributed by atoms with Gasteiger partial charge in [-0.15, -0.1) is 0 Å². The minimum atomic E-state index is -4.15. The van der Waals surface area contributed by atoms with E-state index in [0.717, 1.165) is 4.31 Å². The minimum absolute atomic E-state index is 0.0501. The molecule has 0 bridgehead atoms. The molecule has 2 rings (SSSR count). The Kier molecular flexibility index (Phi) is 5.41. The average Bonchev–Trinajstić information content (AvgIpc) is 2.47. The third kappa shape index (κ3) is 4.09. The molecule has 0 aliphatic rings. The van der Waals surface area contributed by atoms with E-state index < -0.39 is 22.5 Å². The SMILES string of the molecule is O=C(O)CN(c1cccc(Cl)c1)S(=O)(=O)c1ccc(Cl)c(Cl)c1. The maximum absolute atomic E-state index is 12.8. The molecule has 0 saturated carbocycles. The molecule has 0 aliphatic heterocycles. The molecule has 2 aromatic carbocycles. The van der Waals surface area contributed by atoms with Crippen molar-refractivity contribution < 1.29 is 18.3 Å². The van der Waals surface area contributed by atoms with E-state index in [1.54, 1.807) is 6.07 Å². The van der Waals surface area contributed by atoms with Crippen molar-refractivity contribution in [1.29, 1.82) is 0 Å². The molecule has 0 saturated heterocycles. The normalized spacial score (nSPS) is 11.3. The first-order valence-electron chi connectivity index (χ1n) is 6.17. The zero-order chi connectivity index (χ0) is 17.2. The second-order valence-corrected chi connectivity index (χ2v) is 7.57. The lowest BCUT2D eigenvalue weighted by atomic mass is 10.3. The predicted octanol–water partition coefficient (Wildman–Crippen LogP) is 3.93. The molecular weight excluding hydrogens is 385 g/mol. The van der Waals surface area contributed by atoms with Crippen LogP contribution in [0.1, 0.15) is 0 Å². The Morgan fingerprint density at radius 1 is 1.04 bits per heavy atom. The zero-order valence-corrected chi connectivity index (χ0v) is 14.5. The summed E-state index contributed by atoms with van der Waals surface area (Å²) >= 11 is 17.5. The van der Waals surface area contributed by atoms with Crippen molar-refractivity contribution >= 4 is 56.5 Å². The van der Waals surface area contributed by atoms with Crippen LogP contribution in [0.4, 0.5) is 5.69 Å². The molecule has 122 valence electrons. The zero-order valence-electron chi connectivity index (χ0n) is 11.4. The fraction of sp³-hybridized carbons (Fsp3) is 0.0714. The molecule has 0 unspecified atom stereocenters. The molecule has 0 fully saturated rings. The van der Waals surface area contributed by atoms with Crippen LogP contribution in [0.5, 0.6) is 0 Å². The van der Waals surface area contributed by atoms with Gasteiger partial charge in [0.25, 0.3) is 10.0 Å². The summed E-state index contributed by atoms with van der Waals surface area (Å²) in [6.07, 6.45) is 0. The van der Waals surface area contributed by atoms with E-state index in [2.05, 4.69) is 0 Å². The first-order valence-corrected chi connectivity index (χ1v) is 8.74. The fourth-order valence-electron chi connectivity index (χ4n) is 1.83. The number of carbonyl (C=O) groups is 1. The molecule has 0 spiro atoms. The first kappa shape index (κ1) is 17.9. The molecule has 0 aliphatic carbocycles. The molecule has 23 heavy (non-hydrogen) atoms. The third-order valence-corrected chi connectivity index (χ3v) is 5.60. The number of rotatable bonds is 5. The van der Waals surface area contributed by atoms with Crippen LogP contribution in [-0.2, 0) is 14.8 Å². The molecule has 1 N–H and O–H groups in total. The lowest BCUT2D eigenvalue weighted by molar-refractivity contribution is -0.135. The lowest BCUT2D eigenvalue weighted by Gasteiger charge is -2.23. The highest BCUT2D eigenvalue weighted by molar-refractivity contribution is 7.92. The predicted molar refractivity (Wildman–Crippen MR) is 90.1 cm³/mol. The number of carboxylic acids is 1. The number of halogens is 3. The van der Waals surface area contributed by atoms with E-state index in [1.807, 2.05) is 0 Å². The van der Waals surface area contributed by atoms with E-state index in [0.29, 0.717) is 0 Å². The molecule has 0 heterocycles. The Morgan fingerprint density at radius 2 is 1.74 bits per heavy atom. The summed E-state index contributed by atoms with van der Waals surface area (Å²) in [5.74, 6) is -1.31. The Labute approximate surface area is 148 Å². The standard InChI is InChI=1S/C14H10Cl3NO4S/c15-9-2-1-3-10(6-9)18(8-14(19)20)23(21,22)11-4-5-12(16)13(17)7-11/h1-7H,8H2,(H,19,20). The Balaban J connectivity index is 2.57. The van der Waals surface area contributed by atoms with Crippen LogP contribution in [-0.4, -0.2) is 26.0 Å². The van der Waals surface area contributed by atoms with E-state index in [4.69, 9.17) is 39.9 Å². The smallest absolute Gasteiger partial charge is 0.324 e. The molecular formula is C14H10Cl3NO4S. The molecule has 9 heteroatoms. The van der Waals surface area contributed by atoms with Crippen LogP contribution in [0.15, 0.2) is 47.4 Å². The average molecular weight is 395 g/mol. The van der Waals surface area contributed by atoms with E-state index in [1.165, 1.54) is 36.4 Å². The van der Waals surface area contributed by atoms with Gasteiger partial charge < -0.3 is 5.11 Å². The number of sulfonamides is 1. The van der Waals surface area contributed by atoms with Gasteiger partial charge in [0.2, 0.25) is 0 Å². The summed E-state index contributed by atoms with van der Waals surface area (Å²) in [5.41, 5.74) is 0.131. The third-order valence-electron chi connectivity index (χ3n) is 2.85. The van der Waals surface area contributed by atoms with Crippen molar-refractivity contribution in [2.45, 2.75) is 4.90 Å². The number of carboxylic acid groups (broad SMARTS) is 1. The summed E-state index contributed by atoms with van der Waals surface area (Å²) in [7, 11) is -4.15. The van der Waals surface area contributed by atoms with Crippen LogP contribution < -0.4 is 4.31 Å². The fourth-order valence-corrected chi connectivity index (χ4v) is 3.81. The van der Waals surface area contributed by atoms with Gasteiger partial charge in [-0.2, -0.15) is 0 Å². The Bertz CT molecular complexity index is 855. The van der Waals surface area contributed by atoms with Gasteiger partial charge >= 0.3 is 5.97 Å². The van der Waals surface area contributed by atoms with Crippen molar-refractivity contribution in [3.63, 3.8) is 0 Å². The molecule has 0 aromatic heterocycles. The minimum Gasteiger partial charge on any atom is -0.480 e. The number of anilines is 1. The number of hydrogen-bond donors (Lipinski definition) is 1. The van der Waals surface area contributed by atoms with Gasteiger partial charge in [0.15, 0.2) is 0 Å². The second-order valence-electron chi connectivity index (χ2n) is 4.46. The maximum atomic E-state index is 12.8. The highest BCUT2D eigenvalue weighted by atomic mass is 35.5. The lowest BCUT2D eigenvalue weighted by Crippen LogP contribution is -2.35. The molecule has 0 amide bonds. The van der Waals surface area contributed by atoms with Crippen molar-refractivity contribution in [2.75, 3.05) is 10.8 Å². The van der Waals surface area contributed by atoms with Crippen molar-refractivity contribution in [3.05, 3.63) is 57.5 Å². The van der Waals surface area contributed by atoms with Gasteiger partial charge in [-0.3, -0.25) is 9.10 Å².